The van der Waals surface area contributed by atoms with E-state index in [1.54, 1.807) is 24.3 Å². The second-order valence-electron chi connectivity index (χ2n) is 7.50. The van der Waals surface area contributed by atoms with E-state index in [0.29, 0.717) is 16.4 Å². The smallest absolute Gasteiger partial charge is 0.259 e. The number of aliphatic imine (C=N–C) groups is 1. The Hall–Kier alpha value is -3.62. The molecule has 2 amide bonds. The van der Waals surface area contributed by atoms with Gasteiger partial charge in [-0.25, -0.2) is 4.98 Å². The molecule has 10 heteroatoms. The van der Waals surface area contributed by atoms with Crippen LogP contribution in [0.1, 0.15) is 26.3 Å². The van der Waals surface area contributed by atoms with E-state index in [2.05, 4.69) is 25.5 Å². The fourth-order valence-corrected chi connectivity index (χ4v) is 3.80. The van der Waals surface area contributed by atoms with Gasteiger partial charge in [0, 0.05) is 42.0 Å². The van der Waals surface area contributed by atoms with Crippen LogP contribution in [-0.4, -0.2) is 54.8 Å². The minimum Gasteiger partial charge on any atom is -0.494 e. The van der Waals surface area contributed by atoms with E-state index < -0.39 is 11.8 Å². The summed E-state index contributed by atoms with van der Waals surface area (Å²) in [6, 6.07) is 13.2. The summed E-state index contributed by atoms with van der Waals surface area (Å²) < 4.78 is 5.38. The van der Waals surface area contributed by atoms with Gasteiger partial charge in [-0.15, -0.1) is 0 Å². The second-order valence-corrected chi connectivity index (χ2v) is 8.38. The lowest BCUT2D eigenvalue weighted by molar-refractivity contribution is 0.102. The normalized spacial score (nSPS) is 12.8. The van der Waals surface area contributed by atoms with Crippen LogP contribution in [0.2, 0.25) is 10.0 Å². The molecule has 0 atom stereocenters. The first kappa shape index (κ1) is 23.5. The van der Waals surface area contributed by atoms with Crippen molar-refractivity contribution in [3.05, 3.63) is 81.5 Å². The number of anilines is 2. The van der Waals surface area contributed by atoms with E-state index in [1.165, 1.54) is 25.4 Å². The van der Waals surface area contributed by atoms with Crippen molar-refractivity contribution in [1.82, 2.24) is 9.88 Å². The van der Waals surface area contributed by atoms with Crippen molar-refractivity contribution in [1.29, 1.82) is 0 Å². The summed E-state index contributed by atoms with van der Waals surface area (Å²) in [4.78, 5) is 36.7. The first-order valence-corrected chi connectivity index (χ1v) is 11.1. The Kier molecular flexibility index (Phi) is 7.00. The molecule has 0 saturated heterocycles. The van der Waals surface area contributed by atoms with Crippen LogP contribution >= 0.6 is 23.2 Å². The number of nitrogens with zero attached hydrogens (tertiary/aromatic N) is 3. The summed E-state index contributed by atoms with van der Waals surface area (Å²) in [6.45, 7) is 1.62. The number of halogens is 2. The number of carbonyl (C=O) groups excluding carboxylic acids is 2. The molecule has 1 aromatic heterocycles. The third-order valence-corrected chi connectivity index (χ3v) is 5.64. The van der Waals surface area contributed by atoms with Gasteiger partial charge in [0.05, 0.1) is 29.9 Å². The van der Waals surface area contributed by atoms with Crippen molar-refractivity contribution in [2.45, 2.75) is 0 Å². The fourth-order valence-electron chi connectivity index (χ4n) is 3.48. The first-order valence-electron chi connectivity index (χ1n) is 10.3. The Morgan fingerprint density at radius 1 is 1.00 bits per heavy atom. The molecule has 0 bridgehead atoms. The lowest BCUT2D eigenvalue weighted by Gasteiger charge is -2.16. The van der Waals surface area contributed by atoms with Gasteiger partial charge in [-0.3, -0.25) is 14.6 Å². The van der Waals surface area contributed by atoms with Crippen LogP contribution in [0, 0.1) is 0 Å². The molecule has 0 radical (unpaired) electrons. The number of aromatic nitrogens is 1. The number of benzene rings is 2. The summed E-state index contributed by atoms with van der Waals surface area (Å²) in [5.74, 6) is 0.492. The number of rotatable bonds is 6. The summed E-state index contributed by atoms with van der Waals surface area (Å²) in [5.41, 5.74) is 1.64. The number of likely N-dealkylation sites (N-methyl/N-ethyl adjacent to an activating group) is 1. The molecule has 1 aliphatic heterocycles. The quantitative estimate of drug-likeness (QED) is 0.518. The topological polar surface area (TPSA) is 95.9 Å². The predicted octanol–water partition coefficient (Wildman–Crippen LogP) is 4.59. The Morgan fingerprint density at radius 2 is 1.76 bits per heavy atom. The van der Waals surface area contributed by atoms with Gasteiger partial charge in [0.25, 0.3) is 11.8 Å². The standard InChI is InChI=1S/C24H21Cl2N5O3/c1-31-10-9-27-22(31)14-3-5-15(6-4-14)23(32)30-21-18(11-17(26)12-19(21)34-2)24(33)29-20-8-7-16(25)13-28-20/h3-8,11-13H,9-10H2,1-2H3,(H,30,32)(H,28,29,33). The van der Waals surface area contributed by atoms with Crippen molar-refractivity contribution in [3.8, 4) is 5.75 Å². The number of amidine groups is 1. The Balaban J connectivity index is 1.59. The average molecular weight is 498 g/mol. The highest BCUT2D eigenvalue weighted by Crippen LogP contribution is 2.33. The van der Waals surface area contributed by atoms with Crippen LogP contribution in [0.15, 0.2) is 59.7 Å². The van der Waals surface area contributed by atoms with Crippen molar-refractivity contribution in [2.75, 3.05) is 37.9 Å². The van der Waals surface area contributed by atoms with Crippen molar-refractivity contribution >= 4 is 52.4 Å². The zero-order chi connectivity index (χ0) is 24.2. The van der Waals surface area contributed by atoms with Gasteiger partial charge in [-0.1, -0.05) is 35.3 Å². The minimum atomic E-state index is -0.524. The van der Waals surface area contributed by atoms with Crippen LogP contribution in [0.5, 0.6) is 5.75 Å². The van der Waals surface area contributed by atoms with Crippen LogP contribution in [0.4, 0.5) is 11.5 Å². The Labute approximate surface area is 206 Å². The number of amides is 2. The second kappa shape index (κ2) is 10.1. The van der Waals surface area contributed by atoms with E-state index in [4.69, 9.17) is 27.9 Å². The highest BCUT2D eigenvalue weighted by molar-refractivity contribution is 6.32. The van der Waals surface area contributed by atoms with Gasteiger partial charge in [0.15, 0.2) is 0 Å². The van der Waals surface area contributed by atoms with E-state index in [9.17, 15) is 9.59 Å². The summed E-state index contributed by atoms with van der Waals surface area (Å²) in [7, 11) is 3.41. The number of carbonyl (C=O) groups is 2. The van der Waals surface area contributed by atoms with Crippen LogP contribution in [0.3, 0.4) is 0 Å². The third-order valence-electron chi connectivity index (χ3n) is 5.20. The molecule has 4 rings (SSSR count). The van der Waals surface area contributed by atoms with Crippen LogP contribution in [-0.2, 0) is 0 Å². The third kappa shape index (κ3) is 5.13. The monoisotopic (exact) mass is 497 g/mol. The predicted molar refractivity (Wildman–Crippen MR) is 134 cm³/mol. The zero-order valence-corrected chi connectivity index (χ0v) is 19.9. The number of methoxy groups -OCH3 is 1. The molecule has 2 heterocycles. The Morgan fingerprint density at radius 3 is 2.38 bits per heavy atom. The van der Waals surface area contributed by atoms with Gasteiger partial charge in [-0.2, -0.15) is 0 Å². The molecular formula is C24H21Cl2N5O3. The van der Waals surface area contributed by atoms with Gasteiger partial charge in [-0.05, 0) is 30.3 Å². The number of pyridine rings is 1. The molecule has 2 N–H and O–H groups in total. The minimum absolute atomic E-state index is 0.119. The molecule has 1 aliphatic rings. The lowest BCUT2D eigenvalue weighted by Crippen LogP contribution is -2.23. The maximum absolute atomic E-state index is 13.0. The molecule has 0 saturated carbocycles. The number of ether oxygens (including phenoxy) is 1. The number of hydrogen-bond donors (Lipinski definition) is 2. The van der Waals surface area contributed by atoms with E-state index in [-0.39, 0.29) is 22.0 Å². The molecule has 0 aliphatic carbocycles. The average Bonchev–Trinajstić information content (AvgIpc) is 3.27. The lowest BCUT2D eigenvalue weighted by atomic mass is 10.1. The maximum atomic E-state index is 13.0. The van der Waals surface area contributed by atoms with Crippen molar-refractivity contribution in [2.24, 2.45) is 4.99 Å². The van der Waals surface area contributed by atoms with E-state index >= 15 is 0 Å². The summed E-state index contributed by atoms with van der Waals surface area (Å²) in [5, 5.41) is 6.16. The van der Waals surface area contributed by atoms with Crippen molar-refractivity contribution < 1.29 is 14.3 Å². The Bertz CT molecular complexity index is 1260. The van der Waals surface area contributed by atoms with E-state index in [1.807, 2.05) is 19.2 Å². The SMILES string of the molecule is COc1cc(Cl)cc(C(=O)Nc2ccc(Cl)cn2)c1NC(=O)c1ccc(C2=NCCN2C)cc1. The molecule has 8 nitrogen and oxygen atoms in total. The van der Waals surface area contributed by atoms with Crippen molar-refractivity contribution in [3.63, 3.8) is 0 Å². The fraction of sp³-hybridized carbons (Fsp3) is 0.167. The first-order chi connectivity index (χ1) is 16.4. The van der Waals surface area contributed by atoms with E-state index in [0.717, 1.165) is 24.5 Å². The van der Waals surface area contributed by atoms with Crippen LogP contribution in [0.25, 0.3) is 0 Å². The molecule has 174 valence electrons. The van der Waals surface area contributed by atoms with Gasteiger partial charge in [0.1, 0.15) is 17.4 Å². The molecule has 3 aromatic rings. The molecule has 2 aromatic carbocycles. The molecular weight excluding hydrogens is 477 g/mol. The molecule has 0 unspecified atom stereocenters. The highest BCUT2D eigenvalue weighted by atomic mass is 35.5. The number of nitrogens with one attached hydrogen (secondary N) is 2. The van der Waals surface area contributed by atoms with Gasteiger partial charge in [0.2, 0.25) is 0 Å². The zero-order valence-electron chi connectivity index (χ0n) is 18.4. The molecule has 0 spiro atoms. The van der Waals surface area contributed by atoms with Gasteiger partial charge < -0.3 is 20.3 Å². The largest absolute Gasteiger partial charge is 0.494 e. The molecule has 34 heavy (non-hydrogen) atoms. The van der Waals surface area contributed by atoms with Crippen LogP contribution < -0.4 is 15.4 Å². The molecule has 0 fully saturated rings. The summed E-state index contributed by atoms with van der Waals surface area (Å²) in [6.07, 6.45) is 1.41. The number of hydrogen-bond acceptors (Lipinski definition) is 6. The highest BCUT2D eigenvalue weighted by Gasteiger charge is 2.21. The summed E-state index contributed by atoms with van der Waals surface area (Å²) >= 11 is 12.0. The van der Waals surface area contributed by atoms with Gasteiger partial charge >= 0.3 is 0 Å². The maximum Gasteiger partial charge on any atom is 0.259 e.